The van der Waals surface area contributed by atoms with Gasteiger partial charge in [-0.15, -0.1) is 0 Å². The highest BCUT2D eigenvalue weighted by Crippen LogP contribution is 2.39. The molecule has 2 fully saturated rings. The molecule has 1 heterocycles. The van der Waals surface area contributed by atoms with Gasteiger partial charge in [-0.1, -0.05) is 0 Å². The van der Waals surface area contributed by atoms with Crippen LogP contribution < -0.4 is 4.74 Å². The van der Waals surface area contributed by atoms with Gasteiger partial charge in [0.2, 0.25) is 0 Å². The molecule has 1 saturated carbocycles. The fraction of sp³-hybridized carbons (Fsp3) is 0.500. The average Bonchev–Trinajstić information content (AvgIpc) is 2.90. The predicted octanol–water partition coefficient (Wildman–Crippen LogP) is 2.59. The number of hydrogen-bond donors (Lipinski definition) is 1. The Hall–Kier alpha value is -1.78. The molecule has 1 aromatic rings. The lowest BCUT2D eigenvalue weighted by molar-refractivity contribution is 0.144. The van der Waals surface area contributed by atoms with E-state index >= 15 is 0 Å². The van der Waals surface area contributed by atoms with Crippen molar-refractivity contribution in [1.82, 2.24) is 4.90 Å². The number of carbonyl (C=O) groups is 1. The molecule has 3 atom stereocenters. The van der Waals surface area contributed by atoms with Crippen LogP contribution in [0.2, 0.25) is 0 Å². The lowest BCUT2D eigenvalue weighted by atomic mass is 10.0. The normalized spacial score (nSPS) is 29.3. The number of carboxylic acid groups (broad SMARTS) is 1. The van der Waals surface area contributed by atoms with Crippen molar-refractivity contribution < 1.29 is 19.0 Å². The molecule has 1 saturated heterocycles. The lowest BCUT2D eigenvalue weighted by Crippen LogP contribution is -2.29. The number of ether oxygens (including phenoxy) is 1. The minimum atomic E-state index is -0.828. The zero-order valence-corrected chi connectivity index (χ0v) is 10.5. The topological polar surface area (TPSA) is 49.8 Å². The standard InChI is InChI=1S/C14H16FNO3/c15-11-1-3-12(4-2-11)19-13-5-9-7-16(14(17)18)8-10(9)6-13/h1-4,9-10,13H,5-8H2,(H,17,18)/t9-,10+,13?. The molecule has 1 amide bonds. The van der Waals surface area contributed by atoms with E-state index in [0.29, 0.717) is 30.7 Å². The van der Waals surface area contributed by atoms with Gasteiger partial charge in [0, 0.05) is 13.1 Å². The lowest BCUT2D eigenvalue weighted by Gasteiger charge is -2.17. The van der Waals surface area contributed by atoms with Crippen LogP contribution in [0.4, 0.5) is 9.18 Å². The Morgan fingerprint density at radius 2 is 1.79 bits per heavy atom. The van der Waals surface area contributed by atoms with Crippen LogP contribution in [-0.2, 0) is 0 Å². The van der Waals surface area contributed by atoms with E-state index in [0.717, 1.165) is 12.8 Å². The van der Waals surface area contributed by atoms with E-state index in [1.54, 1.807) is 12.1 Å². The summed E-state index contributed by atoms with van der Waals surface area (Å²) in [6, 6.07) is 6.04. The first-order valence-corrected chi connectivity index (χ1v) is 6.52. The van der Waals surface area contributed by atoms with Crippen LogP contribution in [0.15, 0.2) is 24.3 Å². The van der Waals surface area contributed by atoms with Gasteiger partial charge in [0.15, 0.2) is 0 Å². The fourth-order valence-corrected chi connectivity index (χ4v) is 3.20. The van der Waals surface area contributed by atoms with Gasteiger partial charge in [0.1, 0.15) is 11.6 Å². The predicted molar refractivity (Wildman–Crippen MR) is 66.6 cm³/mol. The smallest absolute Gasteiger partial charge is 0.407 e. The zero-order chi connectivity index (χ0) is 13.4. The summed E-state index contributed by atoms with van der Waals surface area (Å²) in [6.45, 7) is 1.23. The largest absolute Gasteiger partial charge is 0.490 e. The SMILES string of the molecule is O=C(O)N1C[C@H]2CC(Oc3ccc(F)cc3)C[C@H]2C1. The Bertz CT molecular complexity index is 462. The summed E-state index contributed by atoms with van der Waals surface area (Å²) in [6.07, 6.45) is 1.05. The highest BCUT2D eigenvalue weighted by atomic mass is 19.1. The number of rotatable bonds is 2. The number of hydrogen-bond acceptors (Lipinski definition) is 2. The van der Waals surface area contributed by atoms with Gasteiger partial charge in [-0.2, -0.15) is 0 Å². The minimum Gasteiger partial charge on any atom is -0.490 e. The van der Waals surface area contributed by atoms with Gasteiger partial charge < -0.3 is 14.7 Å². The van der Waals surface area contributed by atoms with Gasteiger partial charge in [0.05, 0.1) is 6.10 Å². The van der Waals surface area contributed by atoms with Crippen molar-refractivity contribution in [3.63, 3.8) is 0 Å². The maximum absolute atomic E-state index is 12.8. The third-order valence-electron chi connectivity index (χ3n) is 4.09. The highest BCUT2D eigenvalue weighted by molar-refractivity contribution is 5.65. The molecule has 2 aliphatic rings. The van der Waals surface area contributed by atoms with Gasteiger partial charge >= 0.3 is 6.09 Å². The van der Waals surface area contributed by atoms with Crippen LogP contribution >= 0.6 is 0 Å². The molecule has 1 unspecified atom stereocenters. The number of amides is 1. The summed E-state index contributed by atoms with van der Waals surface area (Å²) < 4.78 is 18.6. The number of halogens is 1. The van der Waals surface area contributed by atoms with E-state index in [4.69, 9.17) is 9.84 Å². The first-order valence-electron chi connectivity index (χ1n) is 6.52. The van der Waals surface area contributed by atoms with Crippen molar-refractivity contribution in [1.29, 1.82) is 0 Å². The molecule has 0 aromatic heterocycles. The van der Waals surface area contributed by atoms with Crippen LogP contribution in [0.25, 0.3) is 0 Å². The maximum Gasteiger partial charge on any atom is 0.407 e. The summed E-state index contributed by atoms with van der Waals surface area (Å²) in [5.41, 5.74) is 0. The van der Waals surface area contributed by atoms with Crippen molar-refractivity contribution in [2.45, 2.75) is 18.9 Å². The van der Waals surface area contributed by atoms with Crippen molar-refractivity contribution in [2.24, 2.45) is 11.8 Å². The second-order valence-electron chi connectivity index (χ2n) is 5.37. The number of benzene rings is 1. The van der Waals surface area contributed by atoms with E-state index in [9.17, 15) is 9.18 Å². The Morgan fingerprint density at radius 3 is 2.32 bits per heavy atom. The molecule has 1 aliphatic heterocycles. The van der Waals surface area contributed by atoms with Crippen molar-refractivity contribution >= 4 is 6.09 Å². The van der Waals surface area contributed by atoms with Crippen molar-refractivity contribution in [3.8, 4) is 5.75 Å². The molecular weight excluding hydrogens is 249 g/mol. The molecule has 5 heteroatoms. The Balaban J connectivity index is 1.57. The fourth-order valence-electron chi connectivity index (χ4n) is 3.20. The monoisotopic (exact) mass is 265 g/mol. The zero-order valence-electron chi connectivity index (χ0n) is 10.5. The third kappa shape index (κ3) is 2.50. The molecule has 102 valence electrons. The Morgan fingerprint density at radius 1 is 1.21 bits per heavy atom. The number of likely N-dealkylation sites (tertiary alicyclic amines) is 1. The number of nitrogens with zero attached hydrogens (tertiary/aromatic N) is 1. The third-order valence-corrected chi connectivity index (χ3v) is 4.09. The first kappa shape index (κ1) is 12.3. The van der Waals surface area contributed by atoms with Crippen molar-refractivity contribution in [2.75, 3.05) is 13.1 Å². The van der Waals surface area contributed by atoms with E-state index in [-0.39, 0.29) is 11.9 Å². The quantitative estimate of drug-likeness (QED) is 0.894. The number of fused-ring (bicyclic) bond motifs is 1. The van der Waals surface area contributed by atoms with E-state index in [2.05, 4.69) is 0 Å². The average molecular weight is 265 g/mol. The van der Waals surface area contributed by atoms with Crippen molar-refractivity contribution in [3.05, 3.63) is 30.1 Å². The maximum atomic E-state index is 12.8. The summed E-state index contributed by atoms with van der Waals surface area (Å²) in [5, 5.41) is 8.95. The molecule has 1 aromatic carbocycles. The second kappa shape index (κ2) is 4.72. The van der Waals surface area contributed by atoms with Crippen LogP contribution in [0, 0.1) is 17.7 Å². The van der Waals surface area contributed by atoms with Crippen LogP contribution in [-0.4, -0.2) is 35.3 Å². The Labute approximate surface area is 110 Å². The molecule has 1 aliphatic carbocycles. The molecule has 0 bridgehead atoms. The van der Waals surface area contributed by atoms with Gasteiger partial charge in [-0.25, -0.2) is 9.18 Å². The van der Waals surface area contributed by atoms with E-state index < -0.39 is 6.09 Å². The minimum absolute atomic E-state index is 0.122. The van der Waals surface area contributed by atoms with Crippen LogP contribution in [0.3, 0.4) is 0 Å². The summed E-state index contributed by atoms with van der Waals surface area (Å²) in [4.78, 5) is 12.4. The molecular formula is C14H16FNO3. The summed E-state index contributed by atoms with van der Waals surface area (Å²) in [7, 11) is 0. The van der Waals surface area contributed by atoms with Gasteiger partial charge in [-0.3, -0.25) is 0 Å². The molecule has 0 spiro atoms. The van der Waals surface area contributed by atoms with Crippen LogP contribution in [0.1, 0.15) is 12.8 Å². The van der Waals surface area contributed by atoms with E-state index in [1.165, 1.54) is 17.0 Å². The molecule has 0 radical (unpaired) electrons. The second-order valence-corrected chi connectivity index (χ2v) is 5.37. The molecule has 3 rings (SSSR count). The molecule has 19 heavy (non-hydrogen) atoms. The van der Waals surface area contributed by atoms with Gasteiger partial charge in [0.25, 0.3) is 0 Å². The first-order chi connectivity index (χ1) is 9.11. The van der Waals surface area contributed by atoms with Crippen LogP contribution in [0.5, 0.6) is 5.75 Å². The Kier molecular flexibility index (Phi) is 3.05. The molecule has 1 N–H and O–H groups in total. The molecule has 4 nitrogen and oxygen atoms in total. The summed E-state index contributed by atoms with van der Waals surface area (Å²) in [5.74, 6) is 1.22. The van der Waals surface area contributed by atoms with E-state index in [1.807, 2.05) is 0 Å². The highest BCUT2D eigenvalue weighted by Gasteiger charge is 2.43. The summed E-state index contributed by atoms with van der Waals surface area (Å²) >= 11 is 0. The van der Waals surface area contributed by atoms with Gasteiger partial charge in [-0.05, 0) is 48.9 Å².